The number of carbonyl (C=O) groups is 2. The zero-order valence-electron chi connectivity index (χ0n) is 14.9. The van der Waals surface area contributed by atoms with Crippen LogP contribution in [0.3, 0.4) is 0 Å². The molecule has 2 aromatic rings. The summed E-state index contributed by atoms with van der Waals surface area (Å²) in [6.45, 7) is 0. The molecule has 1 atom stereocenters. The molecule has 28 heavy (non-hydrogen) atoms. The summed E-state index contributed by atoms with van der Waals surface area (Å²) >= 11 is 0. The average molecular weight is 380 g/mol. The highest BCUT2D eigenvalue weighted by molar-refractivity contribution is 6.07. The molecule has 1 amide bonds. The molecule has 142 valence electrons. The van der Waals surface area contributed by atoms with Crippen molar-refractivity contribution in [2.24, 2.45) is 0 Å². The minimum absolute atomic E-state index is 0.0106. The first-order valence-electron chi connectivity index (χ1n) is 9.05. The van der Waals surface area contributed by atoms with Crippen molar-refractivity contribution < 1.29 is 18.9 Å². The fourth-order valence-corrected chi connectivity index (χ4v) is 4.02. The number of Topliss-reactive ketones (excluding diaryl/α,β-unsaturated/α-hetero) is 1. The first kappa shape index (κ1) is 18.0. The zero-order valence-corrected chi connectivity index (χ0v) is 14.9. The maximum absolute atomic E-state index is 14.4. The van der Waals surface area contributed by atoms with Crippen LogP contribution in [0, 0.1) is 15.9 Å². The maximum atomic E-state index is 14.4. The Balaban J connectivity index is 1.83. The summed E-state index contributed by atoms with van der Waals surface area (Å²) in [5, 5.41) is 10.9. The SMILES string of the molecule is O=C1CCCC2=C1C(c1ccc([N+](=O)[O-])cc1)CC(=O)N2c1ccccc1F. The Morgan fingerprint density at radius 3 is 2.43 bits per heavy atom. The number of non-ortho nitro benzene ring substituents is 1. The number of amides is 1. The van der Waals surface area contributed by atoms with Gasteiger partial charge in [0.05, 0.1) is 10.6 Å². The van der Waals surface area contributed by atoms with Gasteiger partial charge in [-0.1, -0.05) is 24.3 Å². The van der Waals surface area contributed by atoms with Crippen LogP contribution in [0.2, 0.25) is 0 Å². The van der Waals surface area contributed by atoms with Crippen LogP contribution < -0.4 is 4.90 Å². The van der Waals surface area contributed by atoms with Gasteiger partial charge in [-0.2, -0.15) is 0 Å². The zero-order chi connectivity index (χ0) is 19.8. The number of ketones is 1. The molecule has 1 heterocycles. The smallest absolute Gasteiger partial charge is 0.269 e. The van der Waals surface area contributed by atoms with Gasteiger partial charge in [0.15, 0.2) is 5.78 Å². The van der Waals surface area contributed by atoms with Crippen molar-refractivity contribution in [2.75, 3.05) is 4.90 Å². The lowest BCUT2D eigenvalue weighted by Gasteiger charge is -2.38. The normalized spacial score (nSPS) is 19.6. The van der Waals surface area contributed by atoms with Crippen LogP contribution in [0.1, 0.15) is 37.2 Å². The highest BCUT2D eigenvalue weighted by atomic mass is 19.1. The highest BCUT2D eigenvalue weighted by Gasteiger charge is 2.40. The number of allylic oxidation sites excluding steroid dienone is 2. The number of hydrogen-bond donors (Lipinski definition) is 0. The third kappa shape index (κ3) is 2.98. The van der Waals surface area contributed by atoms with Crippen molar-refractivity contribution in [1.29, 1.82) is 0 Å². The summed E-state index contributed by atoms with van der Waals surface area (Å²) in [6, 6.07) is 11.9. The molecule has 0 fully saturated rings. The van der Waals surface area contributed by atoms with Crippen LogP contribution in [-0.2, 0) is 9.59 Å². The number of hydrogen-bond acceptors (Lipinski definition) is 4. The number of carbonyl (C=O) groups excluding carboxylic acids is 2. The first-order chi connectivity index (χ1) is 13.5. The van der Waals surface area contributed by atoms with Crippen LogP contribution >= 0.6 is 0 Å². The van der Waals surface area contributed by atoms with Gasteiger partial charge < -0.3 is 0 Å². The van der Waals surface area contributed by atoms with E-state index >= 15 is 0 Å². The van der Waals surface area contributed by atoms with E-state index in [1.165, 1.54) is 29.2 Å². The molecule has 0 spiro atoms. The Bertz CT molecular complexity index is 1010. The average Bonchev–Trinajstić information content (AvgIpc) is 2.68. The van der Waals surface area contributed by atoms with E-state index in [2.05, 4.69) is 0 Å². The predicted molar refractivity (Wildman–Crippen MR) is 100 cm³/mol. The van der Waals surface area contributed by atoms with E-state index in [4.69, 9.17) is 0 Å². The maximum Gasteiger partial charge on any atom is 0.269 e. The summed E-state index contributed by atoms with van der Waals surface area (Å²) in [5.41, 5.74) is 1.83. The van der Waals surface area contributed by atoms with Crippen molar-refractivity contribution in [3.63, 3.8) is 0 Å². The molecule has 4 rings (SSSR count). The summed E-state index contributed by atoms with van der Waals surface area (Å²) in [7, 11) is 0. The second-order valence-corrected chi connectivity index (χ2v) is 6.92. The standard InChI is InChI=1S/C21H17FN2O4/c22-16-4-1-2-5-17(16)23-18-6-3-7-19(25)21(18)15(12-20(23)26)13-8-10-14(11-9-13)24(27)28/h1-2,4-5,8-11,15H,3,6-7,12H2. The summed E-state index contributed by atoms with van der Waals surface area (Å²) < 4.78 is 14.4. The van der Waals surface area contributed by atoms with Crippen molar-refractivity contribution >= 4 is 23.1 Å². The Morgan fingerprint density at radius 1 is 1.04 bits per heavy atom. The van der Waals surface area contributed by atoms with Crippen LogP contribution in [0.4, 0.5) is 15.8 Å². The number of para-hydroxylation sites is 1. The fourth-order valence-electron chi connectivity index (χ4n) is 4.02. The molecule has 6 nitrogen and oxygen atoms in total. The molecule has 2 aromatic carbocycles. The molecule has 0 saturated heterocycles. The Morgan fingerprint density at radius 2 is 1.75 bits per heavy atom. The lowest BCUT2D eigenvalue weighted by Crippen LogP contribution is -2.41. The molecular weight excluding hydrogens is 363 g/mol. The number of halogens is 1. The molecule has 7 heteroatoms. The van der Waals surface area contributed by atoms with Crippen LogP contribution in [0.5, 0.6) is 0 Å². The lowest BCUT2D eigenvalue weighted by molar-refractivity contribution is -0.384. The quantitative estimate of drug-likeness (QED) is 0.589. The number of nitrogens with zero attached hydrogens (tertiary/aromatic N) is 2. The van der Waals surface area contributed by atoms with Crippen molar-refractivity contribution in [1.82, 2.24) is 0 Å². The Kier molecular flexibility index (Phi) is 4.50. The Hall–Kier alpha value is -3.35. The molecular formula is C21H17FN2O4. The van der Waals surface area contributed by atoms with Gasteiger partial charge in [-0.15, -0.1) is 0 Å². The number of rotatable bonds is 3. The van der Waals surface area contributed by atoms with Gasteiger partial charge in [0.25, 0.3) is 5.69 Å². The molecule has 1 unspecified atom stereocenters. The summed E-state index contributed by atoms with van der Waals surface area (Å²) in [4.78, 5) is 37.5. The Labute approximate surface area is 160 Å². The fraction of sp³-hybridized carbons (Fsp3) is 0.238. The molecule has 0 saturated carbocycles. The largest absolute Gasteiger partial charge is 0.294 e. The molecule has 0 radical (unpaired) electrons. The van der Waals surface area contributed by atoms with Gasteiger partial charge in [0.2, 0.25) is 5.91 Å². The number of nitro benzene ring substituents is 1. The van der Waals surface area contributed by atoms with E-state index in [-0.39, 0.29) is 29.5 Å². The molecule has 0 N–H and O–H groups in total. The van der Waals surface area contributed by atoms with Gasteiger partial charge in [-0.3, -0.25) is 24.6 Å². The first-order valence-corrected chi connectivity index (χ1v) is 9.05. The molecule has 2 aliphatic rings. The van der Waals surface area contributed by atoms with Crippen molar-refractivity contribution in [3.05, 3.63) is 81.3 Å². The van der Waals surface area contributed by atoms with Crippen molar-refractivity contribution in [2.45, 2.75) is 31.6 Å². The topological polar surface area (TPSA) is 80.5 Å². The molecule has 0 aromatic heterocycles. The van der Waals surface area contributed by atoms with Crippen LogP contribution in [-0.4, -0.2) is 16.6 Å². The van der Waals surface area contributed by atoms with Gasteiger partial charge in [0.1, 0.15) is 5.82 Å². The van der Waals surface area contributed by atoms with Crippen LogP contribution in [0.15, 0.2) is 59.8 Å². The van der Waals surface area contributed by atoms with Gasteiger partial charge in [-0.05, 0) is 30.5 Å². The summed E-state index contributed by atoms with van der Waals surface area (Å²) in [6.07, 6.45) is 1.49. The third-order valence-corrected chi connectivity index (χ3v) is 5.27. The van der Waals surface area contributed by atoms with Gasteiger partial charge in [0, 0.05) is 42.2 Å². The van der Waals surface area contributed by atoms with E-state index in [9.17, 15) is 24.1 Å². The van der Waals surface area contributed by atoms with E-state index in [0.717, 1.165) is 0 Å². The number of nitro groups is 1. The minimum atomic E-state index is -0.519. The predicted octanol–water partition coefficient (Wildman–Crippen LogP) is 4.26. The monoisotopic (exact) mass is 380 g/mol. The minimum Gasteiger partial charge on any atom is -0.294 e. The number of anilines is 1. The lowest BCUT2D eigenvalue weighted by atomic mass is 9.77. The molecule has 1 aliphatic heterocycles. The third-order valence-electron chi connectivity index (χ3n) is 5.27. The molecule has 1 aliphatic carbocycles. The second-order valence-electron chi connectivity index (χ2n) is 6.92. The second kappa shape index (κ2) is 6.99. The number of benzene rings is 2. The van der Waals surface area contributed by atoms with Gasteiger partial charge in [-0.25, -0.2) is 4.39 Å². The van der Waals surface area contributed by atoms with E-state index < -0.39 is 16.7 Å². The highest BCUT2D eigenvalue weighted by Crippen LogP contribution is 2.43. The molecule has 0 bridgehead atoms. The van der Waals surface area contributed by atoms with E-state index in [1.807, 2.05) is 0 Å². The van der Waals surface area contributed by atoms with E-state index in [1.54, 1.807) is 24.3 Å². The summed E-state index contributed by atoms with van der Waals surface area (Å²) in [5.74, 6) is -1.34. The van der Waals surface area contributed by atoms with Gasteiger partial charge >= 0.3 is 0 Å². The van der Waals surface area contributed by atoms with Crippen LogP contribution in [0.25, 0.3) is 0 Å². The van der Waals surface area contributed by atoms with E-state index in [0.29, 0.717) is 36.1 Å². The van der Waals surface area contributed by atoms with Crippen molar-refractivity contribution in [3.8, 4) is 0 Å².